The van der Waals surface area contributed by atoms with Crippen LogP contribution in [0.15, 0.2) is 42.5 Å². The van der Waals surface area contributed by atoms with Crippen molar-refractivity contribution in [2.45, 2.75) is 6.92 Å². The third-order valence-electron chi connectivity index (χ3n) is 3.56. The topological polar surface area (TPSA) is 84.9 Å². The molecular weight excluding hydrogens is 392 g/mol. The minimum atomic E-state index is -3.73. The van der Waals surface area contributed by atoms with Gasteiger partial charge in [0, 0.05) is 5.02 Å². The van der Waals surface area contributed by atoms with Gasteiger partial charge < -0.3 is 14.8 Å². The number of anilines is 2. The van der Waals surface area contributed by atoms with Gasteiger partial charge in [-0.05, 0) is 37.3 Å². The number of hydrogen-bond acceptors (Lipinski definition) is 5. The smallest absolute Gasteiger partial charge is 0.245 e. The Balaban J connectivity index is 2.31. The molecule has 146 valence electrons. The number of halogens is 1. The van der Waals surface area contributed by atoms with Crippen LogP contribution in [-0.2, 0) is 14.8 Å². The molecule has 27 heavy (non-hydrogen) atoms. The highest BCUT2D eigenvalue weighted by Gasteiger charge is 2.24. The summed E-state index contributed by atoms with van der Waals surface area (Å²) in [7, 11) is -2.28. The van der Waals surface area contributed by atoms with Crippen LogP contribution in [0.25, 0.3) is 0 Å². The molecule has 0 spiro atoms. The molecule has 2 rings (SSSR count). The van der Waals surface area contributed by atoms with Crippen molar-refractivity contribution in [3.8, 4) is 11.5 Å². The molecule has 0 saturated carbocycles. The Morgan fingerprint density at radius 3 is 2.52 bits per heavy atom. The molecule has 0 aliphatic rings. The fourth-order valence-electron chi connectivity index (χ4n) is 2.42. The summed E-state index contributed by atoms with van der Waals surface area (Å²) < 4.78 is 36.3. The highest BCUT2D eigenvalue weighted by Crippen LogP contribution is 2.31. The molecule has 0 aromatic heterocycles. The maximum Gasteiger partial charge on any atom is 0.245 e. The zero-order valence-corrected chi connectivity index (χ0v) is 16.8. The van der Waals surface area contributed by atoms with Crippen molar-refractivity contribution in [1.82, 2.24) is 0 Å². The molecule has 0 bridgehead atoms. The van der Waals surface area contributed by atoms with Crippen molar-refractivity contribution in [3.05, 3.63) is 47.5 Å². The molecule has 0 aliphatic carbocycles. The van der Waals surface area contributed by atoms with Crippen molar-refractivity contribution in [2.24, 2.45) is 0 Å². The van der Waals surface area contributed by atoms with Crippen LogP contribution in [0.2, 0.25) is 5.02 Å². The Hall–Kier alpha value is -2.45. The van der Waals surface area contributed by atoms with E-state index in [1.807, 2.05) is 0 Å². The monoisotopic (exact) mass is 412 g/mol. The molecule has 0 aliphatic heterocycles. The van der Waals surface area contributed by atoms with E-state index in [0.29, 0.717) is 28.8 Å². The molecule has 0 saturated heterocycles. The van der Waals surface area contributed by atoms with Crippen molar-refractivity contribution < 1.29 is 22.7 Å². The second kappa shape index (κ2) is 8.96. The number of nitrogens with zero attached hydrogens (tertiary/aromatic N) is 1. The van der Waals surface area contributed by atoms with Gasteiger partial charge in [0.25, 0.3) is 0 Å². The summed E-state index contributed by atoms with van der Waals surface area (Å²) in [6.45, 7) is 1.72. The molecule has 0 radical (unpaired) electrons. The second-order valence-corrected chi connectivity index (χ2v) is 7.91. The van der Waals surface area contributed by atoms with Gasteiger partial charge in [-0.1, -0.05) is 23.7 Å². The summed E-state index contributed by atoms with van der Waals surface area (Å²) >= 11 is 5.96. The zero-order valence-electron chi connectivity index (χ0n) is 15.2. The van der Waals surface area contributed by atoms with E-state index in [2.05, 4.69) is 5.32 Å². The number of para-hydroxylation sites is 2. The molecule has 0 heterocycles. The number of hydrogen-bond donors (Lipinski definition) is 1. The Labute approximate surface area is 163 Å². The van der Waals surface area contributed by atoms with Crippen LogP contribution in [0.5, 0.6) is 11.5 Å². The lowest BCUT2D eigenvalue weighted by atomic mass is 10.2. The number of carbonyl (C=O) groups is 1. The van der Waals surface area contributed by atoms with Gasteiger partial charge in [-0.25, -0.2) is 8.42 Å². The average molecular weight is 413 g/mol. The summed E-state index contributed by atoms with van der Waals surface area (Å²) in [5, 5.41) is 3.04. The highest BCUT2D eigenvalue weighted by atomic mass is 35.5. The van der Waals surface area contributed by atoms with Gasteiger partial charge in [0.2, 0.25) is 15.9 Å². The molecule has 0 unspecified atom stereocenters. The van der Waals surface area contributed by atoms with E-state index in [0.717, 1.165) is 10.6 Å². The van der Waals surface area contributed by atoms with Crippen LogP contribution in [0.1, 0.15) is 6.92 Å². The summed E-state index contributed by atoms with van der Waals surface area (Å²) in [4.78, 5) is 12.5. The SMILES string of the molecule is CCOc1ccccc1N(CC(=O)Nc1cc(Cl)ccc1OC)S(C)(=O)=O. The normalized spacial score (nSPS) is 11.0. The van der Waals surface area contributed by atoms with E-state index in [-0.39, 0.29) is 5.69 Å². The van der Waals surface area contributed by atoms with Gasteiger partial charge in [0.1, 0.15) is 18.0 Å². The van der Waals surface area contributed by atoms with Crippen LogP contribution in [0.4, 0.5) is 11.4 Å². The Kier molecular flexibility index (Phi) is 6.92. The molecule has 7 nitrogen and oxygen atoms in total. The first-order chi connectivity index (χ1) is 12.8. The summed E-state index contributed by atoms with van der Waals surface area (Å²) in [6.07, 6.45) is 1.03. The van der Waals surface area contributed by atoms with E-state index < -0.39 is 22.5 Å². The number of ether oxygens (including phenoxy) is 2. The Morgan fingerprint density at radius 1 is 1.19 bits per heavy atom. The van der Waals surface area contributed by atoms with Crippen molar-refractivity contribution >= 4 is 38.9 Å². The predicted molar refractivity (Wildman–Crippen MR) is 106 cm³/mol. The van der Waals surface area contributed by atoms with Crippen molar-refractivity contribution in [2.75, 3.05) is 36.1 Å². The van der Waals surface area contributed by atoms with E-state index in [1.54, 1.807) is 43.3 Å². The molecule has 0 atom stereocenters. The van der Waals surface area contributed by atoms with E-state index in [1.165, 1.54) is 13.2 Å². The van der Waals surface area contributed by atoms with Crippen molar-refractivity contribution in [3.63, 3.8) is 0 Å². The van der Waals surface area contributed by atoms with Gasteiger partial charge in [0.05, 0.1) is 31.3 Å². The maximum atomic E-state index is 12.5. The molecule has 2 aromatic rings. The van der Waals surface area contributed by atoms with Crippen LogP contribution < -0.4 is 19.1 Å². The fourth-order valence-corrected chi connectivity index (χ4v) is 3.45. The largest absolute Gasteiger partial charge is 0.495 e. The second-order valence-electron chi connectivity index (χ2n) is 5.56. The van der Waals surface area contributed by atoms with Crippen molar-refractivity contribution in [1.29, 1.82) is 0 Å². The lowest BCUT2D eigenvalue weighted by Gasteiger charge is -2.24. The zero-order chi connectivity index (χ0) is 20.0. The van der Waals surface area contributed by atoms with Crippen LogP contribution in [0, 0.1) is 0 Å². The molecule has 1 N–H and O–H groups in total. The van der Waals surface area contributed by atoms with Crippen LogP contribution in [-0.4, -0.2) is 40.8 Å². The van der Waals surface area contributed by atoms with E-state index >= 15 is 0 Å². The van der Waals surface area contributed by atoms with Gasteiger partial charge in [-0.2, -0.15) is 0 Å². The van der Waals surface area contributed by atoms with Gasteiger partial charge in [-0.15, -0.1) is 0 Å². The minimum absolute atomic E-state index is 0.287. The standard InChI is InChI=1S/C18H21ClN2O5S/c1-4-26-17-8-6-5-7-15(17)21(27(3,23)24)12-18(22)20-14-11-13(19)9-10-16(14)25-2/h5-11H,4,12H2,1-3H3,(H,20,22). The number of rotatable bonds is 8. The van der Waals surface area contributed by atoms with Gasteiger partial charge in [-0.3, -0.25) is 9.10 Å². The number of benzene rings is 2. The molecule has 9 heteroatoms. The number of amides is 1. The fraction of sp³-hybridized carbons (Fsp3) is 0.278. The minimum Gasteiger partial charge on any atom is -0.495 e. The van der Waals surface area contributed by atoms with E-state index in [9.17, 15) is 13.2 Å². The third kappa shape index (κ3) is 5.51. The lowest BCUT2D eigenvalue weighted by Crippen LogP contribution is -2.37. The molecular formula is C18H21ClN2O5S. The molecule has 0 fully saturated rings. The van der Waals surface area contributed by atoms with E-state index in [4.69, 9.17) is 21.1 Å². The first-order valence-electron chi connectivity index (χ1n) is 8.09. The molecule has 2 aromatic carbocycles. The summed E-state index contributed by atoms with van der Waals surface area (Å²) in [6, 6.07) is 11.4. The number of methoxy groups -OCH3 is 1. The maximum absolute atomic E-state index is 12.5. The van der Waals surface area contributed by atoms with Crippen LogP contribution >= 0.6 is 11.6 Å². The highest BCUT2D eigenvalue weighted by molar-refractivity contribution is 7.92. The number of carbonyl (C=O) groups excluding carboxylic acids is 1. The Bertz CT molecular complexity index is 918. The number of nitrogens with one attached hydrogen (secondary N) is 1. The first kappa shape index (κ1) is 20.9. The summed E-state index contributed by atoms with van der Waals surface area (Å²) in [5.41, 5.74) is 0.636. The van der Waals surface area contributed by atoms with Crippen LogP contribution in [0.3, 0.4) is 0 Å². The molecule has 1 amide bonds. The third-order valence-corrected chi connectivity index (χ3v) is 4.92. The van der Waals surface area contributed by atoms with Gasteiger partial charge in [0.15, 0.2) is 0 Å². The first-order valence-corrected chi connectivity index (χ1v) is 10.3. The number of sulfonamides is 1. The average Bonchev–Trinajstić information content (AvgIpc) is 2.60. The quantitative estimate of drug-likeness (QED) is 0.719. The Morgan fingerprint density at radius 2 is 1.89 bits per heavy atom. The van der Waals surface area contributed by atoms with Gasteiger partial charge >= 0.3 is 0 Å². The lowest BCUT2D eigenvalue weighted by molar-refractivity contribution is -0.114. The summed E-state index contributed by atoms with van der Waals surface area (Å²) in [5.74, 6) is 0.235. The predicted octanol–water partition coefficient (Wildman–Crippen LogP) is 3.15.